The number of anilines is 1. The summed E-state index contributed by atoms with van der Waals surface area (Å²) in [7, 11) is 3.71. The topological polar surface area (TPSA) is 36.3 Å². The quantitative estimate of drug-likeness (QED) is 0.812. The average Bonchev–Trinajstić information content (AvgIpc) is 2.34. The van der Waals surface area contributed by atoms with Crippen molar-refractivity contribution in [1.29, 1.82) is 5.26 Å². The molecule has 1 aromatic rings. The molecule has 1 rings (SSSR count). The minimum atomic E-state index is 0.0236. The summed E-state index contributed by atoms with van der Waals surface area (Å²) in [5.41, 5.74) is 3.39. The minimum absolute atomic E-state index is 0.0236. The molecule has 0 aromatic heterocycles. The number of ether oxygens (including phenoxy) is 1. The molecule has 0 spiro atoms. The zero-order chi connectivity index (χ0) is 14.6. The van der Waals surface area contributed by atoms with Crippen molar-refractivity contribution >= 4 is 5.69 Å². The lowest BCUT2D eigenvalue weighted by atomic mass is 9.96. The van der Waals surface area contributed by atoms with Crippen LogP contribution in [0.15, 0.2) is 12.1 Å². The van der Waals surface area contributed by atoms with Gasteiger partial charge in [0.1, 0.15) is 5.75 Å². The van der Waals surface area contributed by atoms with Crippen LogP contribution in [0.25, 0.3) is 0 Å². The molecule has 3 nitrogen and oxygen atoms in total. The zero-order valence-electron chi connectivity index (χ0n) is 12.8. The molecule has 0 N–H and O–H groups in total. The summed E-state index contributed by atoms with van der Waals surface area (Å²) in [6, 6.07) is 6.61. The number of hydrogen-bond acceptors (Lipinski definition) is 3. The van der Waals surface area contributed by atoms with Crippen molar-refractivity contribution in [3.63, 3.8) is 0 Å². The fourth-order valence-electron chi connectivity index (χ4n) is 2.28. The van der Waals surface area contributed by atoms with Gasteiger partial charge in [-0.05, 0) is 37.0 Å². The van der Waals surface area contributed by atoms with Crippen LogP contribution in [0.3, 0.4) is 0 Å². The van der Waals surface area contributed by atoms with E-state index in [4.69, 9.17) is 4.74 Å². The Morgan fingerprint density at radius 2 is 1.95 bits per heavy atom. The van der Waals surface area contributed by atoms with Gasteiger partial charge < -0.3 is 9.64 Å². The average molecular weight is 260 g/mol. The second-order valence-corrected chi connectivity index (χ2v) is 5.49. The van der Waals surface area contributed by atoms with Gasteiger partial charge in [0.05, 0.1) is 24.8 Å². The summed E-state index contributed by atoms with van der Waals surface area (Å²) in [6.07, 6.45) is 0. The molecule has 1 unspecified atom stereocenters. The van der Waals surface area contributed by atoms with E-state index in [1.807, 2.05) is 14.0 Å². The van der Waals surface area contributed by atoms with E-state index >= 15 is 0 Å². The second-order valence-electron chi connectivity index (χ2n) is 5.49. The fourth-order valence-corrected chi connectivity index (χ4v) is 2.28. The highest BCUT2D eigenvalue weighted by Gasteiger charge is 2.18. The highest BCUT2D eigenvalue weighted by Crippen LogP contribution is 2.33. The van der Waals surface area contributed by atoms with Crippen LogP contribution in [-0.4, -0.2) is 20.7 Å². The third kappa shape index (κ3) is 3.64. The van der Waals surface area contributed by atoms with Crippen LogP contribution in [0.2, 0.25) is 0 Å². The fraction of sp³-hybridized carbons (Fsp3) is 0.562. The highest BCUT2D eigenvalue weighted by atomic mass is 16.5. The van der Waals surface area contributed by atoms with Crippen molar-refractivity contribution in [2.45, 2.75) is 27.7 Å². The van der Waals surface area contributed by atoms with E-state index in [2.05, 4.69) is 43.9 Å². The van der Waals surface area contributed by atoms with Crippen LogP contribution in [-0.2, 0) is 0 Å². The lowest BCUT2D eigenvalue weighted by Crippen LogP contribution is -2.28. The van der Waals surface area contributed by atoms with Gasteiger partial charge in [0.25, 0.3) is 0 Å². The van der Waals surface area contributed by atoms with Gasteiger partial charge in [-0.3, -0.25) is 0 Å². The maximum atomic E-state index is 9.22. The predicted octanol–water partition coefficient (Wildman–Crippen LogP) is 3.54. The van der Waals surface area contributed by atoms with Crippen molar-refractivity contribution in [2.75, 3.05) is 25.6 Å². The van der Waals surface area contributed by atoms with E-state index in [-0.39, 0.29) is 5.92 Å². The summed E-state index contributed by atoms with van der Waals surface area (Å²) in [5.74, 6) is 1.27. The summed E-state index contributed by atoms with van der Waals surface area (Å²) in [6.45, 7) is 9.01. The van der Waals surface area contributed by atoms with Gasteiger partial charge in [0, 0.05) is 13.6 Å². The molecule has 19 heavy (non-hydrogen) atoms. The molecule has 0 bridgehead atoms. The predicted molar refractivity (Wildman–Crippen MR) is 79.7 cm³/mol. The molecule has 0 fully saturated rings. The first kappa shape index (κ1) is 15.4. The first-order valence-corrected chi connectivity index (χ1v) is 6.66. The third-order valence-corrected chi connectivity index (χ3v) is 3.46. The summed E-state index contributed by atoms with van der Waals surface area (Å²) >= 11 is 0. The van der Waals surface area contributed by atoms with E-state index in [9.17, 15) is 5.26 Å². The summed E-state index contributed by atoms with van der Waals surface area (Å²) in [5, 5.41) is 9.22. The van der Waals surface area contributed by atoms with Crippen LogP contribution < -0.4 is 9.64 Å². The first-order chi connectivity index (χ1) is 8.90. The molecule has 0 aliphatic carbocycles. The highest BCUT2D eigenvalue weighted by molar-refractivity contribution is 5.63. The molecule has 0 saturated heterocycles. The summed E-state index contributed by atoms with van der Waals surface area (Å²) in [4.78, 5) is 2.12. The Kier molecular flexibility index (Phi) is 5.23. The maximum Gasteiger partial charge on any atom is 0.145 e. The molecule has 104 valence electrons. The molecule has 1 aromatic carbocycles. The van der Waals surface area contributed by atoms with Crippen LogP contribution in [0.4, 0.5) is 5.69 Å². The second kappa shape index (κ2) is 6.47. The Hall–Kier alpha value is -1.69. The third-order valence-electron chi connectivity index (χ3n) is 3.46. The van der Waals surface area contributed by atoms with Crippen molar-refractivity contribution in [1.82, 2.24) is 0 Å². The number of nitrogens with zero attached hydrogens (tertiary/aromatic N) is 2. The Morgan fingerprint density at radius 1 is 1.32 bits per heavy atom. The molecule has 1 atom stereocenters. The van der Waals surface area contributed by atoms with Gasteiger partial charge in [-0.25, -0.2) is 0 Å². The Balaban J connectivity index is 3.06. The Bertz CT molecular complexity index is 474. The smallest absolute Gasteiger partial charge is 0.145 e. The number of rotatable bonds is 5. The van der Waals surface area contributed by atoms with Gasteiger partial charge in [-0.2, -0.15) is 5.26 Å². The molecular weight excluding hydrogens is 236 g/mol. The number of hydrogen-bond donors (Lipinski definition) is 0. The molecule has 0 aliphatic rings. The maximum absolute atomic E-state index is 9.22. The van der Waals surface area contributed by atoms with Crippen LogP contribution in [0.5, 0.6) is 5.75 Å². The van der Waals surface area contributed by atoms with E-state index in [0.29, 0.717) is 12.5 Å². The van der Waals surface area contributed by atoms with Crippen LogP contribution in [0.1, 0.15) is 25.0 Å². The van der Waals surface area contributed by atoms with Gasteiger partial charge in [0.15, 0.2) is 0 Å². The molecule has 0 aliphatic heterocycles. The lowest BCUT2D eigenvalue weighted by Gasteiger charge is -2.26. The van der Waals surface area contributed by atoms with Gasteiger partial charge in [0.2, 0.25) is 0 Å². The zero-order valence-corrected chi connectivity index (χ0v) is 12.8. The van der Waals surface area contributed by atoms with Crippen LogP contribution in [0, 0.1) is 37.0 Å². The van der Waals surface area contributed by atoms with E-state index in [1.54, 1.807) is 7.11 Å². The molecule has 3 heteroatoms. The van der Waals surface area contributed by atoms with Crippen molar-refractivity contribution in [3.8, 4) is 11.8 Å². The SMILES string of the molecule is COc1c(C)cc(C)cc1N(C)CC(C#N)C(C)C. The summed E-state index contributed by atoms with van der Waals surface area (Å²) < 4.78 is 5.50. The van der Waals surface area contributed by atoms with Crippen molar-refractivity contribution in [3.05, 3.63) is 23.3 Å². The minimum Gasteiger partial charge on any atom is -0.494 e. The normalized spacial score (nSPS) is 12.1. The number of aryl methyl sites for hydroxylation is 2. The Morgan fingerprint density at radius 3 is 2.42 bits per heavy atom. The van der Waals surface area contributed by atoms with Gasteiger partial charge in [-0.1, -0.05) is 19.9 Å². The van der Waals surface area contributed by atoms with Gasteiger partial charge in [-0.15, -0.1) is 0 Å². The lowest BCUT2D eigenvalue weighted by molar-refractivity contribution is 0.409. The Labute approximate surface area is 116 Å². The number of methoxy groups -OCH3 is 1. The molecule has 0 amide bonds. The van der Waals surface area contributed by atoms with Crippen molar-refractivity contribution < 1.29 is 4.74 Å². The van der Waals surface area contributed by atoms with E-state index in [0.717, 1.165) is 17.0 Å². The first-order valence-electron chi connectivity index (χ1n) is 6.66. The van der Waals surface area contributed by atoms with Crippen molar-refractivity contribution in [2.24, 2.45) is 11.8 Å². The largest absolute Gasteiger partial charge is 0.494 e. The van der Waals surface area contributed by atoms with Gasteiger partial charge >= 0.3 is 0 Å². The number of nitriles is 1. The van der Waals surface area contributed by atoms with Crippen LogP contribution >= 0.6 is 0 Å². The molecule has 0 saturated carbocycles. The monoisotopic (exact) mass is 260 g/mol. The number of benzene rings is 1. The molecule has 0 heterocycles. The molecule has 0 radical (unpaired) electrons. The van der Waals surface area contributed by atoms with E-state index in [1.165, 1.54) is 5.56 Å². The van der Waals surface area contributed by atoms with E-state index < -0.39 is 0 Å². The molecular formula is C16H24N2O. The standard InChI is InChI=1S/C16H24N2O/c1-11(2)14(9-17)10-18(5)15-8-12(3)7-13(4)16(15)19-6/h7-8,11,14H,10H2,1-6H3.